The van der Waals surface area contributed by atoms with E-state index in [1.165, 1.54) is 5.56 Å². The van der Waals surface area contributed by atoms with Gasteiger partial charge in [0.25, 0.3) is 5.91 Å². The Morgan fingerprint density at radius 3 is 2.59 bits per heavy atom. The van der Waals surface area contributed by atoms with Crippen molar-refractivity contribution in [3.05, 3.63) is 89.2 Å². The molecule has 2 aromatic carbocycles. The van der Waals surface area contributed by atoms with Crippen LogP contribution >= 0.6 is 11.3 Å². The Morgan fingerprint density at radius 1 is 1.04 bits per heavy atom. The van der Waals surface area contributed by atoms with E-state index >= 15 is 0 Å². The average Bonchev–Trinajstić information content (AvgIpc) is 3.15. The van der Waals surface area contributed by atoms with Gasteiger partial charge in [-0.05, 0) is 54.8 Å². The first-order chi connectivity index (χ1) is 13.1. The lowest BCUT2D eigenvalue weighted by Crippen LogP contribution is -2.30. The summed E-state index contributed by atoms with van der Waals surface area (Å²) in [5.41, 5.74) is 4.94. The maximum atomic E-state index is 13.3. The first-order valence-corrected chi connectivity index (χ1v) is 9.57. The van der Waals surface area contributed by atoms with Crippen molar-refractivity contribution in [1.82, 2.24) is 9.97 Å². The third kappa shape index (κ3) is 3.46. The van der Waals surface area contributed by atoms with Crippen LogP contribution < -0.4 is 4.90 Å². The molecule has 4 rings (SSSR count). The van der Waals surface area contributed by atoms with Crippen LogP contribution in [0.1, 0.15) is 27.0 Å². The normalized spacial score (nSPS) is 10.9. The van der Waals surface area contributed by atoms with Crippen LogP contribution in [0, 0.1) is 13.8 Å². The number of aryl methyl sites for hydroxylation is 2. The third-order valence-corrected chi connectivity index (χ3v) is 5.68. The molecule has 4 aromatic rings. The van der Waals surface area contributed by atoms with E-state index in [1.54, 1.807) is 28.6 Å². The van der Waals surface area contributed by atoms with Crippen LogP contribution in [0.5, 0.6) is 0 Å². The van der Waals surface area contributed by atoms with Crippen LogP contribution in [-0.4, -0.2) is 15.9 Å². The molecule has 0 saturated carbocycles. The zero-order valence-electron chi connectivity index (χ0n) is 15.2. The van der Waals surface area contributed by atoms with E-state index in [0.717, 1.165) is 21.3 Å². The number of thiazole rings is 1. The number of nitrogens with zero attached hydrogens (tertiary/aromatic N) is 3. The molecule has 4 nitrogen and oxygen atoms in total. The third-order valence-electron chi connectivity index (χ3n) is 4.63. The van der Waals surface area contributed by atoms with E-state index in [-0.39, 0.29) is 5.91 Å². The fourth-order valence-corrected chi connectivity index (χ4v) is 3.99. The Labute approximate surface area is 162 Å². The van der Waals surface area contributed by atoms with E-state index < -0.39 is 0 Å². The molecule has 134 valence electrons. The quantitative estimate of drug-likeness (QED) is 0.497. The number of rotatable bonds is 4. The zero-order chi connectivity index (χ0) is 18.8. The fourth-order valence-electron chi connectivity index (χ4n) is 2.97. The van der Waals surface area contributed by atoms with Gasteiger partial charge in [0.15, 0.2) is 5.13 Å². The molecule has 2 heterocycles. The molecule has 27 heavy (non-hydrogen) atoms. The minimum absolute atomic E-state index is 0.0621. The molecular formula is C22H19N3OS. The number of carbonyl (C=O) groups is 1. The van der Waals surface area contributed by atoms with Gasteiger partial charge in [0.2, 0.25) is 0 Å². The standard InChI is InChI=1S/C22H19N3OS/c1-15-10-11-19-20(16(15)2)24-22(27-19)25(14-17-7-6-12-23-13-17)21(26)18-8-4-3-5-9-18/h3-13H,14H2,1-2H3. The molecule has 0 radical (unpaired) electrons. The number of benzene rings is 2. The van der Waals surface area contributed by atoms with E-state index in [4.69, 9.17) is 4.98 Å². The van der Waals surface area contributed by atoms with Crippen molar-refractivity contribution in [2.45, 2.75) is 20.4 Å². The number of carbonyl (C=O) groups excluding carboxylic acids is 1. The molecular weight excluding hydrogens is 354 g/mol. The van der Waals surface area contributed by atoms with Crippen molar-refractivity contribution in [3.8, 4) is 0 Å². The molecule has 0 fully saturated rings. The molecule has 0 spiro atoms. The summed E-state index contributed by atoms with van der Waals surface area (Å²) < 4.78 is 1.09. The van der Waals surface area contributed by atoms with Gasteiger partial charge in [-0.1, -0.05) is 41.7 Å². The maximum Gasteiger partial charge on any atom is 0.260 e. The largest absolute Gasteiger partial charge is 0.279 e. The topological polar surface area (TPSA) is 46.1 Å². The first kappa shape index (κ1) is 17.4. The molecule has 0 bridgehead atoms. The Hall–Kier alpha value is -3.05. The minimum atomic E-state index is -0.0621. The second kappa shape index (κ2) is 7.29. The van der Waals surface area contributed by atoms with Gasteiger partial charge in [0.05, 0.1) is 16.8 Å². The summed E-state index contributed by atoms with van der Waals surface area (Å²) >= 11 is 1.54. The average molecular weight is 373 g/mol. The number of hydrogen-bond acceptors (Lipinski definition) is 4. The van der Waals surface area contributed by atoms with Crippen molar-refractivity contribution >= 4 is 32.6 Å². The maximum absolute atomic E-state index is 13.3. The van der Waals surface area contributed by atoms with Crippen LogP contribution in [0.2, 0.25) is 0 Å². The molecule has 0 N–H and O–H groups in total. The lowest BCUT2D eigenvalue weighted by molar-refractivity contribution is 0.0985. The lowest BCUT2D eigenvalue weighted by atomic mass is 10.1. The van der Waals surface area contributed by atoms with E-state index in [9.17, 15) is 4.79 Å². The molecule has 2 aromatic heterocycles. The summed E-state index contributed by atoms with van der Waals surface area (Å²) in [4.78, 5) is 24.0. The second-order valence-electron chi connectivity index (χ2n) is 6.47. The fraction of sp³-hybridized carbons (Fsp3) is 0.136. The van der Waals surface area contributed by atoms with Crippen molar-refractivity contribution < 1.29 is 4.79 Å². The number of anilines is 1. The lowest BCUT2D eigenvalue weighted by Gasteiger charge is -2.20. The monoisotopic (exact) mass is 373 g/mol. The van der Waals surface area contributed by atoms with Crippen molar-refractivity contribution in [2.75, 3.05) is 4.90 Å². The summed E-state index contributed by atoms with van der Waals surface area (Å²) in [6.07, 6.45) is 3.52. The molecule has 0 aliphatic rings. The molecule has 1 amide bonds. The van der Waals surface area contributed by atoms with Crippen LogP contribution in [0.4, 0.5) is 5.13 Å². The minimum Gasteiger partial charge on any atom is -0.279 e. The van der Waals surface area contributed by atoms with Gasteiger partial charge in [0.1, 0.15) is 0 Å². The van der Waals surface area contributed by atoms with Gasteiger partial charge < -0.3 is 0 Å². The van der Waals surface area contributed by atoms with Crippen LogP contribution in [0.25, 0.3) is 10.2 Å². The molecule has 5 heteroatoms. The summed E-state index contributed by atoms with van der Waals surface area (Å²) in [5, 5.41) is 0.705. The van der Waals surface area contributed by atoms with Gasteiger partial charge >= 0.3 is 0 Å². The number of amides is 1. The number of aromatic nitrogens is 2. The van der Waals surface area contributed by atoms with Gasteiger partial charge in [-0.25, -0.2) is 4.98 Å². The van der Waals surface area contributed by atoms with Gasteiger partial charge in [-0.3, -0.25) is 14.7 Å². The first-order valence-electron chi connectivity index (χ1n) is 8.76. The van der Waals surface area contributed by atoms with E-state index in [0.29, 0.717) is 17.2 Å². The highest BCUT2D eigenvalue weighted by Gasteiger charge is 2.22. The molecule has 0 aliphatic heterocycles. The predicted octanol–water partition coefficient (Wildman–Crippen LogP) is 5.16. The summed E-state index contributed by atoms with van der Waals surface area (Å²) in [5.74, 6) is -0.0621. The SMILES string of the molecule is Cc1ccc2sc(N(Cc3cccnc3)C(=O)c3ccccc3)nc2c1C. The van der Waals surface area contributed by atoms with E-state index in [1.807, 2.05) is 42.5 Å². The summed E-state index contributed by atoms with van der Waals surface area (Å²) in [6, 6.07) is 17.4. The van der Waals surface area contributed by atoms with Crippen LogP contribution in [0.15, 0.2) is 67.0 Å². The van der Waals surface area contributed by atoms with Gasteiger partial charge in [-0.15, -0.1) is 0 Å². The van der Waals surface area contributed by atoms with Gasteiger partial charge in [0, 0.05) is 18.0 Å². The van der Waals surface area contributed by atoms with Crippen molar-refractivity contribution in [1.29, 1.82) is 0 Å². The van der Waals surface area contributed by atoms with Gasteiger partial charge in [-0.2, -0.15) is 0 Å². The zero-order valence-corrected chi connectivity index (χ0v) is 16.0. The van der Waals surface area contributed by atoms with Crippen molar-refractivity contribution in [2.24, 2.45) is 0 Å². The highest BCUT2D eigenvalue weighted by atomic mass is 32.1. The second-order valence-corrected chi connectivity index (χ2v) is 7.48. The number of fused-ring (bicyclic) bond motifs is 1. The summed E-state index contributed by atoms with van der Waals surface area (Å²) in [6.45, 7) is 4.58. The Balaban J connectivity index is 1.80. The molecule has 0 unspecified atom stereocenters. The molecule has 0 saturated heterocycles. The highest BCUT2D eigenvalue weighted by Crippen LogP contribution is 2.33. The van der Waals surface area contributed by atoms with E-state index in [2.05, 4.69) is 31.0 Å². The predicted molar refractivity (Wildman–Crippen MR) is 110 cm³/mol. The Morgan fingerprint density at radius 2 is 1.85 bits per heavy atom. The Bertz CT molecular complexity index is 1090. The van der Waals surface area contributed by atoms with Crippen LogP contribution in [0.3, 0.4) is 0 Å². The van der Waals surface area contributed by atoms with Crippen LogP contribution in [-0.2, 0) is 6.54 Å². The number of hydrogen-bond donors (Lipinski definition) is 0. The number of pyridine rings is 1. The van der Waals surface area contributed by atoms with Crippen molar-refractivity contribution in [3.63, 3.8) is 0 Å². The smallest absolute Gasteiger partial charge is 0.260 e. The summed E-state index contributed by atoms with van der Waals surface area (Å²) in [7, 11) is 0. The highest BCUT2D eigenvalue weighted by molar-refractivity contribution is 7.22. The Kier molecular flexibility index (Phi) is 4.69. The molecule has 0 atom stereocenters. The molecule has 0 aliphatic carbocycles.